The van der Waals surface area contributed by atoms with E-state index in [9.17, 15) is 10.1 Å². The number of carbonyl (C=O) groups is 1. The third-order valence-electron chi connectivity index (χ3n) is 5.96. The number of hydrogen-bond donors (Lipinski definition) is 0. The normalized spacial score (nSPS) is 16.9. The molecule has 0 saturated carbocycles. The minimum absolute atomic E-state index is 0.0869. The van der Waals surface area contributed by atoms with E-state index in [1.807, 2.05) is 39.0 Å². The molecule has 0 bridgehead atoms. The summed E-state index contributed by atoms with van der Waals surface area (Å²) in [6.07, 6.45) is 1.27. The summed E-state index contributed by atoms with van der Waals surface area (Å²) in [5.41, 5.74) is 2.25. The molecule has 2 rings (SSSR count). The van der Waals surface area contributed by atoms with Crippen LogP contribution in [0.5, 0.6) is 0 Å². The van der Waals surface area contributed by atoms with Crippen molar-refractivity contribution in [3.8, 4) is 6.07 Å². The van der Waals surface area contributed by atoms with Crippen molar-refractivity contribution in [2.45, 2.75) is 84.2 Å². The second-order valence-corrected chi connectivity index (χ2v) is 15.1. The first-order valence-corrected chi connectivity index (χ1v) is 13.3. The summed E-state index contributed by atoms with van der Waals surface area (Å²) < 4.78 is 12.0. The first-order chi connectivity index (χ1) is 13.3. The largest absolute Gasteiger partial charge is 0.444 e. The van der Waals surface area contributed by atoms with E-state index in [4.69, 9.17) is 9.16 Å². The lowest BCUT2D eigenvalue weighted by Crippen LogP contribution is -2.45. The molecule has 0 heterocycles. The zero-order chi connectivity index (χ0) is 22.0. The summed E-state index contributed by atoms with van der Waals surface area (Å²) in [6, 6.07) is 7.97. The second-order valence-electron chi connectivity index (χ2n) is 10.3. The van der Waals surface area contributed by atoms with Gasteiger partial charge in [-0.1, -0.05) is 32.9 Å². The number of nitrogens with zero attached hydrogens (tertiary/aromatic N) is 2. The average Bonchev–Trinajstić information content (AvgIpc) is 2.99. The van der Waals surface area contributed by atoms with Gasteiger partial charge in [-0.05, 0) is 68.9 Å². The highest BCUT2D eigenvalue weighted by molar-refractivity contribution is 6.74. The molecule has 1 unspecified atom stereocenters. The average molecular weight is 417 g/mol. The molecule has 0 aromatic heterocycles. The van der Waals surface area contributed by atoms with Crippen LogP contribution in [0, 0.1) is 11.3 Å². The minimum Gasteiger partial charge on any atom is -0.444 e. The van der Waals surface area contributed by atoms with E-state index < -0.39 is 13.9 Å². The van der Waals surface area contributed by atoms with Crippen molar-refractivity contribution in [3.63, 3.8) is 0 Å². The smallest absolute Gasteiger partial charge is 0.410 e. The first-order valence-electron chi connectivity index (χ1n) is 10.4. The third kappa shape index (κ3) is 5.61. The Labute approximate surface area is 177 Å². The molecular formula is C23H36N2O3Si. The number of carbonyl (C=O) groups excluding carboxylic acids is 1. The van der Waals surface area contributed by atoms with Crippen LogP contribution in [0.3, 0.4) is 0 Å². The fourth-order valence-corrected chi connectivity index (χ4v) is 4.41. The van der Waals surface area contributed by atoms with Crippen molar-refractivity contribution in [3.05, 3.63) is 34.9 Å². The fraction of sp³-hybridized carbons (Fsp3) is 0.652. The van der Waals surface area contributed by atoms with Gasteiger partial charge in [-0.15, -0.1) is 0 Å². The topological polar surface area (TPSA) is 62.6 Å². The molecule has 160 valence electrons. The Morgan fingerprint density at radius 1 is 1.24 bits per heavy atom. The molecule has 0 fully saturated rings. The van der Waals surface area contributed by atoms with Gasteiger partial charge in [-0.3, -0.25) is 4.90 Å². The molecule has 1 aliphatic rings. The molecule has 1 amide bonds. The van der Waals surface area contributed by atoms with E-state index in [-0.39, 0.29) is 17.2 Å². The molecule has 6 heteroatoms. The fourth-order valence-electron chi connectivity index (χ4n) is 3.37. The predicted molar refractivity (Wildman–Crippen MR) is 118 cm³/mol. The van der Waals surface area contributed by atoms with E-state index in [1.165, 1.54) is 0 Å². The minimum atomic E-state index is -1.90. The molecule has 0 saturated heterocycles. The molecule has 0 spiro atoms. The van der Waals surface area contributed by atoms with Gasteiger partial charge in [0.2, 0.25) is 0 Å². The molecule has 1 aromatic carbocycles. The van der Waals surface area contributed by atoms with Crippen molar-refractivity contribution in [1.29, 1.82) is 5.26 Å². The summed E-state index contributed by atoms with van der Waals surface area (Å²) in [5, 5.41) is 9.54. The third-order valence-corrected chi connectivity index (χ3v) is 10.5. The molecule has 0 radical (unpaired) electrons. The van der Waals surface area contributed by atoms with Crippen LogP contribution < -0.4 is 0 Å². The number of amides is 1. The van der Waals surface area contributed by atoms with Crippen LogP contribution in [0.4, 0.5) is 4.79 Å². The maximum atomic E-state index is 13.1. The van der Waals surface area contributed by atoms with E-state index in [2.05, 4.69) is 39.9 Å². The first kappa shape index (κ1) is 23.4. The molecule has 29 heavy (non-hydrogen) atoms. The zero-order valence-electron chi connectivity index (χ0n) is 19.3. The predicted octanol–water partition coefficient (Wildman–Crippen LogP) is 5.80. The summed E-state index contributed by atoms with van der Waals surface area (Å²) in [4.78, 5) is 14.9. The summed E-state index contributed by atoms with van der Waals surface area (Å²) >= 11 is 0. The van der Waals surface area contributed by atoms with Gasteiger partial charge < -0.3 is 9.16 Å². The summed E-state index contributed by atoms with van der Waals surface area (Å²) in [5.74, 6) is 0. The molecule has 0 aliphatic heterocycles. The van der Waals surface area contributed by atoms with Crippen LogP contribution in [0.15, 0.2) is 18.2 Å². The van der Waals surface area contributed by atoms with Crippen molar-refractivity contribution >= 4 is 14.4 Å². The Morgan fingerprint density at radius 2 is 1.90 bits per heavy atom. The lowest BCUT2D eigenvalue weighted by Gasteiger charge is -2.38. The Balaban J connectivity index is 2.25. The number of fused-ring (bicyclic) bond motifs is 1. The molecule has 0 N–H and O–H groups in total. The van der Waals surface area contributed by atoms with Gasteiger partial charge in [0.25, 0.3) is 0 Å². The number of benzene rings is 1. The van der Waals surface area contributed by atoms with Crippen molar-refractivity contribution in [1.82, 2.24) is 4.90 Å². The van der Waals surface area contributed by atoms with Gasteiger partial charge in [-0.25, -0.2) is 4.79 Å². The highest BCUT2D eigenvalue weighted by atomic mass is 28.4. The van der Waals surface area contributed by atoms with Crippen LogP contribution in [0.1, 0.15) is 70.7 Å². The Kier molecular flexibility index (Phi) is 6.86. The Morgan fingerprint density at radius 3 is 2.45 bits per heavy atom. The van der Waals surface area contributed by atoms with Gasteiger partial charge >= 0.3 is 6.09 Å². The van der Waals surface area contributed by atoms with Crippen LogP contribution in [-0.4, -0.2) is 38.1 Å². The van der Waals surface area contributed by atoms with Gasteiger partial charge in [0.05, 0.1) is 24.3 Å². The second kappa shape index (κ2) is 8.49. The van der Waals surface area contributed by atoms with Crippen molar-refractivity contribution in [2.75, 3.05) is 13.2 Å². The lowest BCUT2D eigenvalue weighted by atomic mass is 10.0. The van der Waals surface area contributed by atoms with E-state index in [0.717, 1.165) is 24.0 Å². The number of nitriles is 1. The maximum Gasteiger partial charge on any atom is 0.410 e. The van der Waals surface area contributed by atoms with Crippen LogP contribution in [-0.2, 0) is 15.6 Å². The highest BCUT2D eigenvalue weighted by Crippen LogP contribution is 2.39. The van der Waals surface area contributed by atoms with Crippen molar-refractivity contribution in [2.24, 2.45) is 0 Å². The van der Waals surface area contributed by atoms with E-state index >= 15 is 0 Å². The van der Waals surface area contributed by atoms with Gasteiger partial charge in [0.1, 0.15) is 5.60 Å². The van der Waals surface area contributed by atoms with Crippen LogP contribution >= 0.6 is 0 Å². The zero-order valence-corrected chi connectivity index (χ0v) is 20.3. The van der Waals surface area contributed by atoms with Gasteiger partial charge in [0, 0.05) is 6.54 Å². The van der Waals surface area contributed by atoms with Gasteiger partial charge in [0.15, 0.2) is 8.32 Å². The number of hydrogen-bond acceptors (Lipinski definition) is 4. The standard InChI is InChI=1S/C23H36N2O3Si/c1-22(2,3)28-21(26)25(14-15-27-29(7,8)23(4,5)6)20-13-12-18-17(16-24)10-9-11-19(18)20/h9-11,20H,12-15H2,1-8H3. The number of ether oxygens (including phenoxy) is 1. The highest BCUT2D eigenvalue weighted by Gasteiger charge is 2.38. The molecule has 5 nitrogen and oxygen atoms in total. The molecule has 1 aliphatic carbocycles. The van der Waals surface area contributed by atoms with Crippen LogP contribution in [0.25, 0.3) is 0 Å². The SMILES string of the molecule is CC(C)(C)OC(=O)N(CCO[Si](C)(C)C(C)(C)C)C1CCc2c(C#N)cccc21. The Bertz CT molecular complexity index is 785. The van der Waals surface area contributed by atoms with Gasteiger partial charge in [-0.2, -0.15) is 5.26 Å². The van der Waals surface area contributed by atoms with E-state index in [0.29, 0.717) is 18.7 Å². The Hall–Kier alpha value is -1.84. The molecular weight excluding hydrogens is 380 g/mol. The van der Waals surface area contributed by atoms with E-state index in [1.54, 1.807) is 4.90 Å². The maximum absolute atomic E-state index is 13.1. The summed E-state index contributed by atoms with van der Waals surface area (Å²) in [7, 11) is -1.90. The molecule has 1 atom stereocenters. The monoisotopic (exact) mass is 416 g/mol. The molecule has 1 aromatic rings. The number of rotatable bonds is 5. The van der Waals surface area contributed by atoms with Crippen molar-refractivity contribution < 1.29 is 14.0 Å². The van der Waals surface area contributed by atoms with Crippen LogP contribution in [0.2, 0.25) is 18.1 Å². The quantitative estimate of drug-likeness (QED) is 0.569. The lowest BCUT2D eigenvalue weighted by molar-refractivity contribution is 0.0125. The summed E-state index contributed by atoms with van der Waals surface area (Å²) in [6.45, 7) is 17.7.